The second kappa shape index (κ2) is 9.90. The van der Waals surface area contributed by atoms with Gasteiger partial charge in [0.05, 0.1) is 0 Å². The molecule has 0 aliphatic heterocycles. The van der Waals surface area contributed by atoms with E-state index in [2.05, 4.69) is 67.6 Å². The minimum atomic E-state index is -0.264. The van der Waals surface area contributed by atoms with Crippen molar-refractivity contribution < 1.29 is 9.59 Å². The fourth-order valence-electron chi connectivity index (χ4n) is 4.09. The van der Waals surface area contributed by atoms with E-state index >= 15 is 0 Å². The molecule has 5 N–H and O–H groups in total. The first-order valence-corrected chi connectivity index (χ1v) is 10.3. The van der Waals surface area contributed by atoms with Crippen LogP contribution in [0.4, 0.5) is 0 Å². The molecule has 0 aliphatic rings. The zero-order valence-electron chi connectivity index (χ0n) is 19.2. The number of hydrogen-bond acceptors (Lipinski definition) is 3. The molecular weight excluding hydrogens is 338 g/mol. The summed E-state index contributed by atoms with van der Waals surface area (Å²) in [7, 11) is 0. The summed E-state index contributed by atoms with van der Waals surface area (Å²) in [4.78, 5) is 25.1. The van der Waals surface area contributed by atoms with Crippen molar-refractivity contribution in [1.82, 2.24) is 5.32 Å². The second-order valence-corrected chi connectivity index (χ2v) is 10.9. The summed E-state index contributed by atoms with van der Waals surface area (Å²) in [5.41, 5.74) is 10.9. The van der Waals surface area contributed by atoms with Crippen LogP contribution in [-0.4, -0.2) is 24.9 Å². The van der Waals surface area contributed by atoms with E-state index < -0.39 is 0 Å². The first-order valence-electron chi connectivity index (χ1n) is 10.3. The van der Waals surface area contributed by atoms with E-state index in [0.717, 1.165) is 12.8 Å². The normalized spacial score (nSPS) is 16.5. The molecular formula is C22H45N3O2. The minimum Gasteiger partial charge on any atom is -0.369 e. The molecule has 0 radical (unpaired) electrons. The van der Waals surface area contributed by atoms with Gasteiger partial charge in [0.25, 0.3) is 0 Å². The van der Waals surface area contributed by atoms with Crippen LogP contribution in [0.1, 0.15) is 81.6 Å². The summed E-state index contributed by atoms with van der Waals surface area (Å²) >= 11 is 0. The lowest BCUT2D eigenvalue weighted by Gasteiger charge is -2.44. The molecule has 2 amide bonds. The van der Waals surface area contributed by atoms with E-state index in [1.54, 1.807) is 0 Å². The third-order valence-electron chi connectivity index (χ3n) is 5.93. The van der Waals surface area contributed by atoms with Crippen molar-refractivity contribution in [2.45, 2.75) is 81.6 Å². The number of amides is 2. The van der Waals surface area contributed by atoms with Gasteiger partial charge in [-0.2, -0.15) is 0 Å². The zero-order chi connectivity index (χ0) is 21.6. The van der Waals surface area contributed by atoms with Gasteiger partial charge >= 0.3 is 0 Å². The maximum absolute atomic E-state index is 13.0. The maximum atomic E-state index is 13.0. The monoisotopic (exact) mass is 383 g/mol. The van der Waals surface area contributed by atoms with Gasteiger partial charge in [0.1, 0.15) is 0 Å². The molecule has 27 heavy (non-hydrogen) atoms. The summed E-state index contributed by atoms with van der Waals surface area (Å²) in [5.74, 6) is -0.348. The first-order chi connectivity index (χ1) is 12.1. The minimum absolute atomic E-state index is 0.0212. The highest BCUT2D eigenvalue weighted by molar-refractivity contribution is 5.79. The van der Waals surface area contributed by atoms with E-state index in [1.807, 2.05) is 0 Å². The number of rotatable bonds is 10. The molecule has 0 saturated heterocycles. The lowest BCUT2D eigenvalue weighted by molar-refractivity contribution is -0.132. The van der Waals surface area contributed by atoms with Crippen LogP contribution in [0.3, 0.4) is 0 Å². The highest BCUT2D eigenvalue weighted by atomic mass is 16.2. The molecule has 3 unspecified atom stereocenters. The van der Waals surface area contributed by atoms with Crippen LogP contribution in [0.2, 0.25) is 0 Å². The Bertz CT molecular complexity index is 487. The fraction of sp³-hybridized carbons (Fsp3) is 0.909. The number of nitrogens with two attached hydrogens (primary N) is 2. The number of nitrogens with one attached hydrogen (secondary N) is 1. The summed E-state index contributed by atoms with van der Waals surface area (Å²) < 4.78 is 0. The van der Waals surface area contributed by atoms with E-state index in [4.69, 9.17) is 11.5 Å². The summed E-state index contributed by atoms with van der Waals surface area (Å²) in [5, 5.41) is 2.99. The highest BCUT2D eigenvalue weighted by Gasteiger charge is 2.44. The molecule has 0 saturated carbocycles. The van der Waals surface area contributed by atoms with Crippen molar-refractivity contribution in [1.29, 1.82) is 0 Å². The van der Waals surface area contributed by atoms with Gasteiger partial charge in [-0.1, -0.05) is 68.7 Å². The molecule has 0 rings (SSSR count). The smallest absolute Gasteiger partial charge is 0.223 e. The quantitative estimate of drug-likeness (QED) is 0.536. The van der Waals surface area contributed by atoms with Crippen molar-refractivity contribution in [3.05, 3.63) is 0 Å². The van der Waals surface area contributed by atoms with Crippen molar-refractivity contribution >= 4 is 11.8 Å². The molecule has 0 aliphatic carbocycles. The van der Waals surface area contributed by atoms with Gasteiger partial charge in [-0.05, 0) is 35.0 Å². The van der Waals surface area contributed by atoms with Crippen LogP contribution in [-0.2, 0) is 9.59 Å². The van der Waals surface area contributed by atoms with Crippen LogP contribution in [0.25, 0.3) is 0 Å². The Kier molecular flexibility index (Phi) is 9.50. The third-order valence-corrected chi connectivity index (χ3v) is 5.93. The third kappa shape index (κ3) is 8.20. The highest BCUT2D eigenvalue weighted by Crippen LogP contribution is 2.47. The van der Waals surface area contributed by atoms with Crippen molar-refractivity contribution in [3.63, 3.8) is 0 Å². The molecule has 0 spiro atoms. The molecule has 5 nitrogen and oxygen atoms in total. The number of primary amides is 1. The fourth-order valence-corrected chi connectivity index (χ4v) is 4.09. The van der Waals surface area contributed by atoms with Crippen molar-refractivity contribution in [2.75, 3.05) is 13.1 Å². The largest absolute Gasteiger partial charge is 0.369 e. The Hall–Kier alpha value is -1.10. The molecule has 5 heteroatoms. The Balaban J connectivity index is 5.80. The summed E-state index contributed by atoms with van der Waals surface area (Å²) in [6.07, 6.45) is 2.38. The van der Waals surface area contributed by atoms with Gasteiger partial charge in [0, 0.05) is 24.9 Å². The molecule has 160 valence electrons. The summed E-state index contributed by atoms with van der Waals surface area (Å²) in [6.45, 7) is 20.0. The second-order valence-electron chi connectivity index (χ2n) is 10.9. The standard InChI is InChI=1S/C22H45N3O2/c1-10-15(13-16(18(24)26)21(5,6)7)22(8,9)17(14-20(2,3)4)19(27)25-12-11-23/h15-17H,10-14,23H2,1-9H3,(H2,24,26)(H,25,27). The van der Waals surface area contributed by atoms with Crippen molar-refractivity contribution in [3.8, 4) is 0 Å². The van der Waals surface area contributed by atoms with E-state index in [0.29, 0.717) is 19.5 Å². The first kappa shape index (κ1) is 25.9. The Morgan fingerprint density at radius 1 is 0.963 bits per heavy atom. The zero-order valence-corrected chi connectivity index (χ0v) is 19.2. The molecule has 0 aromatic carbocycles. The molecule has 3 atom stereocenters. The Morgan fingerprint density at radius 2 is 1.48 bits per heavy atom. The van der Waals surface area contributed by atoms with Crippen LogP contribution in [0.5, 0.6) is 0 Å². The van der Waals surface area contributed by atoms with E-state index in [1.165, 1.54) is 0 Å². The van der Waals surface area contributed by atoms with Crippen LogP contribution in [0, 0.1) is 34.0 Å². The van der Waals surface area contributed by atoms with Crippen LogP contribution >= 0.6 is 0 Å². The number of hydrogen-bond donors (Lipinski definition) is 3. The predicted molar refractivity (Wildman–Crippen MR) is 114 cm³/mol. The maximum Gasteiger partial charge on any atom is 0.223 e. The SMILES string of the molecule is CCC(CC(C(N)=O)C(C)(C)C)C(C)(C)C(CC(C)(C)C)C(=O)NCCN. The van der Waals surface area contributed by atoms with Gasteiger partial charge in [0.15, 0.2) is 0 Å². The average Bonchev–Trinajstić information content (AvgIpc) is 2.48. The van der Waals surface area contributed by atoms with Gasteiger partial charge in [-0.25, -0.2) is 0 Å². The number of carbonyl (C=O) groups is 2. The topological polar surface area (TPSA) is 98.2 Å². The van der Waals surface area contributed by atoms with Gasteiger partial charge in [-0.3, -0.25) is 9.59 Å². The van der Waals surface area contributed by atoms with Gasteiger partial charge in [0.2, 0.25) is 11.8 Å². The average molecular weight is 384 g/mol. The van der Waals surface area contributed by atoms with Gasteiger partial charge < -0.3 is 16.8 Å². The Morgan fingerprint density at radius 3 is 1.81 bits per heavy atom. The number of carbonyl (C=O) groups excluding carboxylic acids is 2. The molecule has 0 aromatic heterocycles. The van der Waals surface area contributed by atoms with Crippen LogP contribution < -0.4 is 16.8 Å². The van der Waals surface area contributed by atoms with Gasteiger partial charge in [-0.15, -0.1) is 0 Å². The molecule has 0 bridgehead atoms. The lowest BCUT2D eigenvalue weighted by Crippen LogP contribution is -2.47. The predicted octanol–water partition coefficient (Wildman–Crippen LogP) is 3.70. The van der Waals surface area contributed by atoms with E-state index in [9.17, 15) is 9.59 Å². The van der Waals surface area contributed by atoms with Crippen molar-refractivity contribution in [2.24, 2.45) is 45.5 Å². The molecule has 0 aromatic rings. The summed E-state index contributed by atoms with van der Waals surface area (Å²) in [6, 6.07) is 0. The molecule has 0 fully saturated rings. The lowest BCUT2D eigenvalue weighted by atomic mass is 9.60. The van der Waals surface area contributed by atoms with Crippen LogP contribution in [0.15, 0.2) is 0 Å². The Labute approximate surface area is 167 Å². The van der Waals surface area contributed by atoms with E-state index in [-0.39, 0.29) is 45.8 Å². The molecule has 0 heterocycles.